The predicted molar refractivity (Wildman–Crippen MR) is 68.2 cm³/mol. The number of carboxylic acids is 1. The highest BCUT2D eigenvalue weighted by atomic mass is 32.2. The molecule has 6 heteroatoms. The predicted octanol–water partition coefficient (Wildman–Crippen LogP) is 1.11. The van der Waals surface area contributed by atoms with E-state index in [1.807, 2.05) is 16.3 Å². The number of hydrogen-bond donors (Lipinski definition) is 2. The summed E-state index contributed by atoms with van der Waals surface area (Å²) in [5, 5.41) is 19.0. The second-order valence-corrected chi connectivity index (χ2v) is 6.08. The van der Waals surface area contributed by atoms with Crippen molar-refractivity contribution in [3.05, 3.63) is 17.2 Å². The van der Waals surface area contributed by atoms with E-state index < -0.39 is 5.97 Å². The molecule has 1 aromatic heterocycles. The van der Waals surface area contributed by atoms with E-state index in [1.165, 1.54) is 0 Å². The first-order chi connectivity index (χ1) is 8.66. The van der Waals surface area contributed by atoms with Crippen LogP contribution in [0.4, 0.5) is 0 Å². The Bertz CT molecular complexity index is 480. The largest absolute Gasteiger partial charge is 0.476 e. The number of aromatic nitrogens is 2. The summed E-state index contributed by atoms with van der Waals surface area (Å²) in [6.07, 6.45) is 1.91. The van der Waals surface area contributed by atoms with Crippen molar-refractivity contribution in [1.82, 2.24) is 9.55 Å². The molecule has 1 saturated heterocycles. The lowest BCUT2D eigenvalue weighted by Gasteiger charge is -2.23. The number of rotatable bonds is 2. The first-order valence-electron chi connectivity index (χ1n) is 6.25. The number of aliphatic hydroxyl groups excluding tert-OH is 1. The van der Waals surface area contributed by atoms with Crippen LogP contribution in [0.25, 0.3) is 0 Å². The molecule has 18 heavy (non-hydrogen) atoms. The highest BCUT2D eigenvalue weighted by Gasteiger charge is 2.31. The van der Waals surface area contributed by atoms with Crippen LogP contribution in [-0.4, -0.2) is 43.3 Å². The van der Waals surface area contributed by atoms with E-state index in [0.717, 1.165) is 29.4 Å². The third-order valence-electron chi connectivity index (χ3n) is 3.71. The van der Waals surface area contributed by atoms with Crippen molar-refractivity contribution in [3.8, 4) is 0 Å². The number of aromatic carboxylic acids is 1. The van der Waals surface area contributed by atoms with Crippen molar-refractivity contribution >= 4 is 17.7 Å². The Kier molecular flexibility index (Phi) is 3.07. The first kappa shape index (κ1) is 12.0. The van der Waals surface area contributed by atoms with Gasteiger partial charge in [0.15, 0.2) is 5.69 Å². The molecule has 0 bridgehead atoms. The van der Waals surface area contributed by atoms with Crippen molar-refractivity contribution < 1.29 is 15.0 Å². The fourth-order valence-electron chi connectivity index (χ4n) is 2.79. The molecule has 2 N–H and O–H groups in total. The van der Waals surface area contributed by atoms with Crippen molar-refractivity contribution in [3.63, 3.8) is 0 Å². The molecule has 1 aromatic rings. The topological polar surface area (TPSA) is 75.3 Å². The van der Waals surface area contributed by atoms with Gasteiger partial charge in [0.1, 0.15) is 5.82 Å². The maximum Gasteiger partial charge on any atom is 0.356 e. The van der Waals surface area contributed by atoms with Crippen LogP contribution < -0.4 is 0 Å². The summed E-state index contributed by atoms with van der Waals surface area (Å²) < 4.78 is 1.95. The van der Waals surface area contributed by atoms with Gasteiger partial charge in [0.2, 0.25) is 0 Å². The van der Waals surface area contributed by atoms with Gasteiger partial charge < -0.3 is 14.8 Å². The van der Waals surface area contributed by atoms with E-state index in [0.29, 0.717) is 25.3 Å². The lowest BCUT2D eigenvalue weighted by atomic mass is 10.0. The zero-order chi connectivity index (χ0) is 12.7. The van der Waals surface area contributed by atoms with Crippen LogP contribution in [0.2, 0.25) is 0 Å². The SMILES string of the molecule is O=C(O)c1nc(C2CCSC2)n2c1CCC(O)C2. The minimum absolute atomic E-state index is 0.189. The van der Waals surface area contributed by atoms with Crippen LogP contribution >= 0.6 is 11.8 Å². The number of carbonyl (C=O) groups is 1. The van der Waals surface area contributed by atoms with Crippen molar-refractivity contribution in [2.45, 2.75) is 37.8 Å². The zero-order valence-electron chi connectivity index (χ0n) is 10.0. The third-order valence-corrected chi connectivity index (χ3v) is 4.87. The summed E-state index contributed by atoms with van der Waals surface area (Å²) >= 11 is 1.88. The molecule has 98 valence electrons. The molecular weight excluding hydrogens is 252 g/mol. The molecule has 0 saturated carbocycles. The van der Waals surface area contributed by atoms with Crippen LogP contribution in [0.5, 0.6) is 0 Å². The maximum absolute atomic E-state index is 11.2. The minimum atomic E-state index is -0.952. The summed E-state index contributed by atoms with van der Waals surface area (Å²) in [6.45, 7) is 0.492. The number of aliphatic hydroxyl groups is 1. The van der Waals surface area contributed by atoms with Gasteiger partial charge in [-0.1, -0.05) is 0 Å². The summed E-state index contributed by atoms with van der Waals surface area (Å²) in [4.78, 5) is 15.6. The van der Waals surface area contributed by atoms with Gasteiger partial charge in [0.25, 0.3) is 0 Å². The normalized spacial score (nSPS) is 27.2. The smallest absolute Gasteiger partial charge is 0.356 e. The number of imidazole rings is 1. The molecule has 3 heterocycles. The maximum atomic E-state index is 11.2. The highest BCUT2D eigenvalue weighted by molar-refractivity contribution is 7.99. The molecule has 0 radical (unpaired) electrons. The second-order valence-electron chi connectivity index (χ2n) is 4.93. The van der Waals surface area contributed by atoms with Crippen LogP contribution in [-0.2, 0) is 13.0 Å². The number of fused-ring (bicyclic) bond motifs is 1. The van der Waals surface area contributed by atoms with E-state index >= 15 is 0 Å². The standard InChI is InChI=1S/C12H16N2O3S/c15-8-1-2-9-10(12(16)17)13-11(14(9)5-8)7-3-4-18-6-7/h7-8,15H,1-6H2,(H,16,17). The number of nitrogens with zero attached hydrogens (tertiary/aromatic N) is 2. The van der Waals surface area contributed by atoms with E-state index in [1.54, 1.807) is 0 Å². The van der Waals surface area contributed by atoms with Crippen molar-refractivity contribution in [2.75, 3.05) is 11.5 Å². The number of carboxylic acid groups (broad SMARTS) is 1. The molecule has 2 unspecified atom stereocenters. The van der Waals surface area contributed by atoms with Crippen LogP contribution in [0.3, 0.4) is 0 Å². The Morgan fingerprint density at radius 2 is 2.28 bits per heavy atom. The van der Waals surface area contributed by atoms with E-state index in [-0.39, 0.29) is 11.8 Å². The van der Waals surface area contributed by atoms with Gasteiger partial charge >= 0.3 is 5.97 Å². The lowest BCUT2D eigenvalue weighted by Crippen LogP contribution is -2.26. The fraction of sp³-hybridized carbons (Fsp3) is 0.667. The van der Waals surface area contributed by atoms with Gasteiger partial charge in [-0.2, -0.15) is 11.8 Å². The molecule has 2 aliphatic rings. The lowest BCUT2D eigenvalue weighted by molar-refractivity contribution is 0.0686. The van der Waals surface area contributed by atoms with E-state index in [4.69, 9.17) is 0 Å². The van der Waals surface area contributed by atoms with Gasteiger partial charge in [-0.15, -0.1) is 0 Å². The summed E-state index contributed by atoms with van der Waals surface area (Å²) in [5.41, 5.74) is 0.980. The fourth-order valence-corrected chi connectivity index (χ4v) is 4.01. The number of thioether (sulfide) groups is 1. The molecule has 2 aliphatic heterocycles. The molecule has 2 atom stereocenters. The van der Waals surface area contributed by atoms with Gasteiger partial charge in [-0.05, 0) is 25.0 Å². The molecular formula is C12H16N2O3S. The first-order valence-corrected chi connectivity index (χ1v) is 7.40. The monoisotopic (exact) mass is 268 g/mol. The third kappa shape index (κ3) is 1.93. The molecule has 0 aliphatic carbocycles. The molecule has 3 rings (SSSR count). The van der Waals surface area contributed by atoms with Crippen LogP contribution in [0.1, 0.15) is 40.8 Å². The van der Waals surface area contributed by atoms with Gasteiger partial charge in [0.05, 0.1) is 18.3 Å². The van der Waals surface area contributed by atoms with E-state index in [2.05, 4.69) is 4.98 Å². The van der Waals surface area contributed by atoms with Crippen LogP contribution in [0, 0.1) is 0 Å². The van der Waals surface area contributed by atoms with Crippen molar-refractivity contribution in [1.29, 1.82) is 0 Å². The average molecular weight is 268 g/mol. The second kappa shape index (κ2) is 4.59. The number of hydrogen-bond acceptors (Lipinski definition) is 4. The molecule has 0 amide bonds. The van der Waals surface area contributed by atoms with Crippen LogP contribution in [0.15, 0.2) is 0 Å². The Morgan fingerprint density at radius 1 is 1.44 bits per heavy atom. The molecule has 0 aromatic carbocycles. The minimum Gasteiger partial charge on any atom is -0.476 e. The Morgan fingerprint density at radius 3 is 2.94 bits per heavy atom. The van der Waals surface area contributed by atoms with Gasteiger partial charge in [-0.25, -0.2) is 9.78 Å². The molecule has 5 nitrogen and oxygen atoms in total. The Hall–Kier alpha value is -1.01. The Balaban J connectivity index is 2.05. The average Bonchev–Trinajstić information content (AvgIpc) is 2.93. The van der Waals surface area contributed by atoms with E-state index in [9.17, 15) is 15.0 Å². The van der Waals surface area contributed by atoms with Crippen molar-refractivity contribution in [2.24, 2.45) is 0 Å². The summed E-state index contributed by atoms with van der Waals surface area (Å²) in [7, 11) is 0. The quantitative estimate of drug-likeness (QED) is 0.840. The highest BCUT2D eigenvalue weighted by Crippen LogP contribution is 2.34. The summed E-state index contributed by atoms with van der Waals surface area (Å²) in [5.74, 6) is 2.37. The molecule has 0 spiro atoms. The zero-order valence-corrected chi connectivity index (χ0v) is 10.8. The van der Waals surface area contributed by atoms with Gasteiger partial charge in [-0.3, -0.25) is 0 Å². The molecule has 1 fully saturated rings. The summed E-state index contributed by atoms with van der Waals surface area (Å²) in [6, 6.07) is 0. The Labute approximate surface area is 109 Å². The van der Waals surface area contributed by atoms with Gasteiger partial charge in [0, 0.05) is 11.7 Å².